The molecule has 1 saturated carbocycles. The van der Waals surface area contributed by atoms with Gasteiger partial charge < -0.3 is 14.8 Å². The van der Waals surface area contributed by atoms with Crippen molar-refractivity contribution in [3.05, 3.63) is 76.5 Å². The van der Waals surface area contributed by atoms with Gasteiger partial charge in [-0.15, -0.1) is 11.3 Å². The van der Waals surface area contributed by atoms with Crippen LogP contribution in [0.3, 0.4) is 0 Å². The van der Waals surface area contributed by atoms with Gasteiger partial charge in [0.15, 0.2) is 11.5 Å². The molecule has 0 bridgehead atoms. The summed E-state index contributed by atoms with van der Waals surface area (Å²) in [5, 5.41) is 5.15. The minimum Gasteiger partial charge on any atom is -0.493 e. The molecule has 0 aliphatic heterocycles. The third kappa shape index (κ3) is 5.25. The maximum absolute atomic E-state index is 13.9. The Kier molecular flexibility index (Phi) is 7.85. The highest BCUT2D eigenvalue weighted by molar-refractivity contribution is 7.10. The Morgan fingerprint density at radius 1 is 1.00 bits per heavy atom. The van der Waals surface area contributed by atoms with Gasteiger partial charge in [-0.3, -0.25) is 14.5 Å². The molecule has 1 heterocycles. The lowest BCUT2D eigenvalue weighted by Gasteiger charge is -2.33. The number of carbonyl (C=O) groups is 2. The molecule has 34 heavy (non-hydrogen) atoms. The Morgan fingerprint density at radius 2 is 1.76 bits per heavy atom. The molecular weight excluding hydrogens is 448 g/mol. The lowest BCUT2D eigenvalue weighted by molar-refractivity contribution is -0.127. The summed E-state index contributed by atoms with van der Waals surface area (Å²) in [5.41, 5.74) is 1.24. The molecule has 0 radical (unpaired) electrons. The highest BCUT2D eigenvalue weighted by Gasteiger charge is 2.36. The molecular formula is C27H30N2O4S. The Balaban J connectivity index is 1.82. The normalized spacial score (nSPS) is 14.4. The van der Waals surface area contributed by atoms with Crippen LogP contribution >= 0.6 is 11.3 Å². The van der Waals surface area contributed by atoms with Crippen LogP contribution in [0.5, 0.6) is 11.5 Å². The monoisotopic (exact) mass is 478 g/mol. The number of nitrogens with one attached hydrogen (secondary N) is 1. The van der Waals surface area contributed by atoms with Crippen LogP contribution in [0.15, 0.2) is 66.0 Å². The van der Waals surface area contributed by atoms with Crippen LogP contribution in [-0.2, 0) is 16.0 Å². The van der Waals surface area contributed by atoms with Crippen molar-refractivity contribution in [2.75, 3.05) is 19.1 Å². The first-order valence-corrected chi connectivity index (χ1v) is 12.4. The van der Waals surface area contributed by atoms with E-state index in [4.69, 9.17) is 9.47 Å². The van der Waals surface area contributed by atoms with Crippen molar-refractivity contribution in [1.29, 1.82) is 0 Å². The fourth-order valence-electron chi connectivity index (χ4n) is 4.55. The van der Waals surface area contributed by atoms with E-state index >= 15 is 0 Å². The molecule has 2 aromatic carbocycles. The lowest BCUT2D eigenvalue weighted by atomic mass is 10.00. The van der Waals surface area contributed by atoms with Gasteiger partial charge >= 0.3 is 0 Å². The quantitative estimate of drug-likeness (QED) is 0.462. The molecule has 4 rings (SSSR count). The molecule has 1 aliphatic carbocycles. The van der Waals surface area contributed by atoms with E-state index in [9.17, 15) is 9.59 Å². The summed E-state index contributed by atoms with van der Waals surface area (Å²) in [4.78, 5) is 30.2. The molecule has 0 saturated heterocycles. The van der Waals surface area contributed by atoms with E-state index in [1.165, 1.54) is 11.3 Å². The third-order valence-corrected chi connectivity index (χ3v) is 7.02. The second-order valence-corrected chi connectivity index (χ2v) is 9.36. The first-order chi connectivity index (χ1) is 16.6. The zero-order valence-corrected chi connectivity index (χ0v) is 20.3. The number of para-hydroxylation sites is 2. The van der Waals surface area contributed by atoms with Crippen molar-refractivity contribution in [2.45, 2.75) is 44.2 Å². The summed E-state index contributed by atoms with van der Waals surface area (Å²) in [6.45, 7) is 0. The zero-order valence-electron chi connectivity index (χ0n) is 19.5. The van der Waals surface area contributed by atoms with Crippen molar-refractivity contribution >= 4 is 28.8 Å². The number of hydrogen-bond donors (Lipinski definition) is 1. The predicted octanol–water partition coefficient (Wildman–Crippen LogP) is 5.14. The molecule has 178 valence electrons. The maximum atomic E-state index is 13.9. The molecule has 1 N–H and O–H groups in total. The number of thiophene rings is 1. The van der Waals surface area contributed by atoms with E-state index in [1.54, 1.807) is 25.2 Å². The van der Waals surface area contributed by atoms with E-state index in [2.05, 4.69) is 5.32 Å². The number of hydrogen-bond acceptors (Lipinski definition) is 5. The molecule has 1 atom stereocenters. The van der Waals surface area contributed by atoms with E-state index in [-0.39, 0.29) is 24.3 Å². The lowest BCUT2D eigenvalue weighted by Crippen LogP contribution is -2.47. The Hall–Kier alpha value is -3.32. The number of rotatable bonds is 9. The minimum absolute atomic E-state index is 0.108. The molecule has 0 unspecified atom stereocenters. The largest absolute Gasteiger partial charge is 0.493 e. The number of carbonyl (C=O) groups excluding carboxylic acids is 2. The number of amides is 2. The molecule has 1 aliphatic rings. The summed E-state index contributed by atoms with van der Waals surface area (Å²) in [6, 6.07) is 17.8. The SMILES string of the molecule is COc1cccc([C@H](C(=O)NC2CCCC2)N(C(=O)Cc2cccs2)c2ccccc2)c1OC. The Labute approximate surface area is 204 Å². The van der Waals surface area contributed by atoms with Crippen LogP contribution in [-0.4, -0.2) is 32.1 Å². The zero-order chi connectivity index (χ0) is 23.9. The van der Waals surface area contributed by atoms with Crippen LogP contribution in [0, 0.1) is 0 Å². The Morgan fingerprint density at radius 3 is 2.41 bits per heavy atom. The van der Waals surface area contributed by atoms with Crippen LogP contribution in [0.4, 0.5) is 5.69 Å². The fraction of sp³-hybridized carbons (Fsp3) is 0.333. The first-order valence-electron chi connectivity index (χ1n) is 11.5. The summed E-state index contributed by atoms with van der Waals surface area (Å²) in [5.74, 6) is 0.575. The average molecular weight is 479 g/mol. The van der Waals surface area contributed by atoms with E-state index in [0.29, 0.717) is 22.7 Å². The summed E-state index contributed by atoms with van der Waals surface area (Å²) in [7, 11) is 3.11. The summed E-state index contributed by atoms with van der Waals surface area (Å²) in [6.07, 6.45) is 4.28. The first kappa shape index (κ1) is 23.8. The van der Waals surface area contributed by atoms with Crippen molar-refractivity contribution in [1.82, 2.24) is 5.32 Å². The smallest absolute Gasteiger partial charge is 0.248 e. The van der Waals surface area contributed by atoms with Crippen molar-refractivity contribution < 1.29 is 19.1 Å². The number of methoxy groups -OCH3 is 2. The van der Waals surface area contributed by atoms with Crippen LogP contribution < -0.4 is 19.7 Å². The predicted molar refractivity (Wildman–Crippen MR) is 135 cm³/mol. The van der Waals surface area contributed by atoms with Gasteiger partial charge in [0.05, 0.1) is 20.6 Å². The number of anilines is 1. The van der Waals surface area contributed by atoms with Gasteiger partial charge in [-0.05, 0) is 42.5 Å². The van der Waals surface area contributed by atoms with Gasteiger partial charge in [0, 0.05) is 22.2 Å². The summed E-state index contributed by atoms with van der Waals surface area (Å²) < 4.78 is 11.2. The molecule has 1 aromatic heterocycles. The molecule has 7 heteroatoms. The minimum atomic E-state index is -0.916. The number of nitrogens with zero attached hydrogens (tertiary/aromatic N) is 1. The second kappa shape index (κ2) is 11.2. The number of ether oxygens (including phenoxy) is 2. The molecule has 0 spiro atoms. The van der Waals surface area contributed by atoms with Crippen LogP contribution in [0.1, 0.15) is 42.2 Å². The van der Waals surface area contributed by atoms with Crippen molar-refractivity contribution in [3.63, 3.8) is 0 Å². The topological polar surface area (TPSA) is 67.9 Å². The van der Waals surface area contributed by atoms with Crippen LogP contribution in [0.25, 0.3) is 0 Å². The second-order valence-electron chi connectivity index (χ2n) is 8.33. The molecule has 1 fully saturated rings. The molecule has 2 amide bonds. The highest BCUT2D eigenvalue weighted by Crippen LogP contribution is 2.39. The van der Waals surface area contributed by atoms with Crippen molar-refractivity contribution in [2.24, 2.45) is 0 Å². The standard InChI is InChI=1S/C27H30N2O4S/c1-32-23-16-8-15-22(26(23)33-2)25(27(31)28-19-10-6-7-11-19)29(20-12-4-3-5-13-20)24(30)18-21-14-9-17-34-21/h3-5,8-9,12-17,19,25H,6-7,10-11,18H2,1-2H3,(H,28,31)/t25-/m1/s1. The summed E-state index contributed by atoms with van der Waals surface area (Å²) >= 11 is 1.53. The van der Waals surface area contributed by atoms with Gasteiger partial charge in [0.1, 0.15) is 6.04 Å². The fourth-order valence-corrected chi connectivity index (χ4v) is 5.24. The Bertz CT molecular complexity index is 1100. The van der Waals surface area contributed by atoms with E-state index in [1.807, 2.05) is 60.0 Å². The van der Waals surface area contributed by atoms with Crippen molar-refractivity contribution in [3.8, 4) is 11.5 Å². The van der Waals surface area contributed by atoms with Gasteiger partial charge in [-0.1, -0.05) is 49.2 Å². The number of benzene rings is 2. The van der Waals surface area contributed by atoms with Gasteiger partial charge in [0.25, 0.3) is 0 Å². The van der Waals surface area contributed by atoms with E-state index < -0.39 is 6.04 Å². The van der Waals surface area contributed by atoms with Gasteiger partial charge in [-0.2, -0.15) is 0 Å². The maximum Gasteiger partial charge on any atom is 0.248 e. The highest BCUT2D eigenvalue weighted by atomic mass is 32.1. The van der Waals surface area contributed by atoms with Gasteiger partial charge in [0.2, 0.25) is 11.8 Å². The average Bonchev–Trinajstić information content (AvgIpc) is 3.56. The molecule has 3 aromatic rings. The van der Waals surface area contributed by atoms with Crippen LogP contribution in [0.2, 0.25) is 0 Å². The third-order valence-electron chi connectivity index (χ3n) is 6.14. The van der Waals surface area contributed by atoms with E-state index in [0.717, 1.165) is 30.6 Å². The molecule has 6 nitrogen and oxygen atoms in total. The van der Waals surface area contributed by atoms with Gasteiger partial charge in [-0.25, -0.2) is 0 Å².